The van der Waals surface area contributed by atoms with Gasteiger partial charge in [0, 0.05) is 22.2 Å². The van der Waals surface area contributed by atoms with Crippen LogP contribution >= 0.6 is 0 Å². The van der Waals surface area contributed by atoms with Gasteiger partial charge in [0.2, 0.25) is 0 Å². The number of fused-ring (bicyclic) bond motifs is 1. The van der Waals surface area contributed by atoms with E-state index in [1.807, 2.05) is 49.4 Å². The highest BCUT2D eigenvalue weighted by Gasteiger charge is 2.08. The molecule has 3 aromatic carbocycles. The number of hydrogen-bond acceptors (Lipinski definition) is 3. The first kappa shape index (κ1) is 15.2. The van der Waals surface area contributed by atoms with Gasteiger partial charge in [0.25, 0.3) is 0 Å². The van der Waals surface area contributed by atoms with Crippen molar-refractivity contribution in [1.29, 1.82) is 0 Å². The Morgan fingerprint density at radius 2 is 1.44 bits per heavy atom. The number of hydrogen-bond donors (Lipinski definition) is 0. The Morgan fingerprint density at radius 3 is 2.16 bits per heavy atom. The van der Waals surface area contributed by atoms with Gasteiger partial charge in [0.05, 0.1) is 5.52 Å². The molecule has 0 radical (unpaired) electrons. The summed E-state index contributed by atoms with van der Waals surface area (Å²) in [5.74, 6) is 0.698. The van der Waals surface area contributed by atoms with E-state index in [2.05, 4.69) is 34.2 Å². The van der Waals surface area contributed by atoms with Gasteiger partial charge in [-0.25, -0.2) is 9.97 Å². The molecule has 0 saturated carbocycles. The molecule has 0 saturated heterocycles. The fraction of sp³-hybridized carbons (Fsp3) is 0.0455. The van der Waals surface area contributed by atoms with Crippen LogP contribution in [0.4, 0.5) is 0 Å². The summed E-state index contributed by atoms with van der Waals surface area (Å²) in [6.45, 7) is 1.94. The number of aryl methyl sites for hydroxylation is 1. The molecule has 0 fully saturated rings. The topological polar surface area (TPSA) is 42.9 Å². The number of nitrogens with zero attached hydrogens (tertiary/aromatic N) is 2. The van der Waals surface area contributed by atoms with Crippen molar-refractivity contribution in [3.8, 4) is 22.5 Å². The van der Waals surface area contributed by atoms with Gasteiger partial charge in [-0.05, 0) is 36.2 Å². The summed E-state index contributed by atoms with van der Waals surface area (Å²) in [5.41, 5.74) is 5.68. The highest BCUT2D eigenvalue weighted by Crippen LogP contribution is 2.25. The summed E-state index contributed by atoms with van der Waals surface area (Å²) < 4.78 is 0. The van der Waals surface area contributed by atoms with Crippen molar-refractivity contribution < 1.29 is 4.79 Å². The Bertz CT molecular complexity index is 1050. The average molecular weight is 324 g/mol. The molecular formula is C22H16N2O. The first-order valence-corrected chi connectivity index (χ1v) is 8.14. The Labute approximate surface area is 146 Å². The molecule has 1 heterocycles. The molecule has 4 aromatic rings. The normalized spacial score (nSPS) is 10.8. The van der Waals surface area contributed by atoms with Gasteiger partial charge in [0.1, 0.15) is 6.29 Å². The molecule has 3 heteroatoms. The zero-order chi connectivity index (χ0) is 17.2. The standard InChI is InChI=1S/C22H16N2O/c1-15-20-13-16(14-25)7-12-21(20)24-22(23-15)19-10-8-18(9-11-19)17-5-3-2-4-6-17/h2-14H,1H3. The first-order valence-electron chi connectivity index (χ1n) is 8.14. The van der Waals surface area contributed by atoms with Crippen molar-refractivity contribution >= 4 is 17.2 Å². The Balaban J connectivity index is 1.75. The fourth-order valence-corrected chi connectivity index (χ4v) is 2.94. The van der Waals surface area contributed by atoms with Crippen LogP contribution in [0.5, 0.6) is 0 Å². The van der Waals surface area contributed by atoms with Gasteiger partial charge >= 0.3 is 0 Å². The molecular weight excluding hydrogens is 308 g/mol. The average Bonchev–Trinajstić information content (AvgIpc) is 2.68. The summed E-state index contributed by atoms with van der Waals surface area (Å²) >= 11 is 0. The summed E-state index contributed by atoms with van der Waals surface area (Å²) in [7, 11) is 0. The van der Waals surface area contributed by atoms with E-state index in [0.717, 1.165) is 34.0 Å². The number of aromatic nitrogens is 2. The van der Waals surface area contributed by atoms with Crippen molar-refractivity contribution in [2.45, 2.75) is 6.92 Å². The summed E-state index contributed by atoms with van der Waals surface area (Å²) in [6, 6.07) is 24.0. The number of aldehydes is 1. The lowest BCUT2D eigenvalue weighted by Crippen LogP contribution is -1.95. The molecule has 0 amide bonds. The molecule has 3 nitrogen and oxygen atoms in total. The maximum absolute atomic E-state index is 11.0. The third kappa shape index (κ3) is 2.92. The minimum atomic E-state index is 0.638. The third-order valence-corrected chi connectivity index (χ3v) is 4.30. The summed E-state index contributed by atoms with van der Waals surface area (Å²) in [4.78, 5) is 20.2. The number of benzene rings is 3. The first-order chi connectivity index (χ1) is 12.2. The van der Waals surface area contributed by atoms with E-state index in [1.165, 1.54) is 5.56 Å². The van der Waals surface area contributed by atoms with Crippen LogP contribution in [0.25, 0.3) is 33.4 Å². The van der Waals surface area contributed by atoms with E-state index in [-0.39, 0.29) is 0 Å². The van der Waals surface area contributed by atoms with Crippen LogP contribution in [0.1, 0.15) is 16.1 Å². The molecule has 25 heavy (non-hydrogen) atoms. The zero-order valence-electron chi connectivity index (χ0n) is 13.8. The van der Waals surface area contributed by atoms with Crippen LogP contribution in [0, 0.1) is 6.92 Å². The van der Waals surface area contributed by atoms with Gasteiger partial charge in [-0.1, -0.05) is 54.6 Å². The van der Waals surface area contributed by atoms with E-state index < -0.39 is 0 Å². The van der Waals surface area contributed by atoms with Gasteiger partial charge in [-0.3, -0.25) is 4.79 Å². The quantitative estimate of drug-likeness (QED) is 0.493. The van der Waals surface area contributed by atoms with E-state index in [9.17, 15) is 4.79 Å². The third-order valence-electron chi connectivity index (χ3n) is 4.30. The largest absolute Gasteiger partial charge is 0.298 e. The summed E-state index contributed by atoms with van der Waals surface area (Å²) in [5, 5.41) is 0.911. The molecule has 0 atom stereocenters. The van der Waals surface area contributed by atoms with E-state index in [4.69, 9.17) is 0 Å². The van der Waals surface area contributed by atoms with Gasteiger partial charge in [-0.15, -0.1) is 0 Å². The van der Waals surface area contributed by atoms with Gasteiger partial charge in [0.15, 0.2) is 5.82 Å². The molecule has 0 bridgehead atoms. The molecule has 4 rings (SSSR count). The van der Waals surface area contributed by atoms with Crippen LogP contribution in [-0.2, 0) is 0 Å². The van der Waals surface area contributed by atoms with Crippen molar-refractivity contribution in [2.75, 3.05) is 0 Å². The predicted octanol–water partition coefficient (Wildman–Crippen LogP) is 5.08. The van der Waals surface area contributed by atoms with E-state index >= 15 is 0 Å². The number of carbonyl (C=O) groups excluding carboxylic acids is 1. The Hall–Kier alpha value is -3.33. The van der Waals surface area contributed by atoms with E-state index in [0.29, 0.717) is 11.4 Å². The smallest absolute Gasteiger partial charge is 0.160 e. The summed E-state index contributed by atoms with van der Waals surface area (Å²) in [6.07, 6.45) is 0.842. The van der Waals surface area contributed by atoms with Crippen LogP contribution in [0.2, 0.25) is 0 Å². The van der Waals surface area contributed by atoms with Gasteiger partial charge < -0.3 is 0 Å². The van der Waals surface area contributed by atoms with Crippen molar-refractivity contribution in [3.05, 3.63) is 84.1 Å². The van der Waals surface area contributed by atoms with E-state index in [1.54, 1.807) is 6.07 Å². The zero-order valence-corrected chi connectivity index (χ0v) is 13.8. The monoisotopic (exact) mass is 324 g/mol. The fourth-order valence-electron chi connectivity index (χ4n) is 2.94. The lowest BCUT2D eigenvalue weighted by molar-refractivity contribution is 0.112. The second-order valence-electron chi connectivity index (χ2n) is 5.97. The molecule has 0 aliphatic rings. The molecule has 0 aliphatic carbocycles. The second-order valence-corrected chi connectivity index (χ2v) is 5.97. The lowest BCUT2D eigenvalue weighted by atomic mass is 10.0. The van der Waals surface area contributed by atoms with Crippen LogP contribution in [0.15, 0.2) is 72.8 Å². The molecule has 0 unspecified atom stereocenters. The Morgan fingerprint density at radius 1 is 0.760 bits per heavy atom. The highest BCUT2D eigenvalue weighted by atomic mass is 16.1. The van der Waals surface area contributed by atoms with Crippen molar-refractivity contribution in [3.63, 3.8) is 0 Å². The molecule has 0 aliphatic heterocycles. The lowest BCUT2D eigenvalue weighted by Gasteiger charge is -2.07. The Kier molecular flexibility index (Phi) is 3.82. The van der Waals surface area contributed by atoms with Crippen molar-refractivity contribution in [2.24, 2.45) is 0 Å². The minimum Gasteiger partial charge on any atom is -0.298 e. The van der Waals surface area contributed by atoms with Gasteiger partial charge in [-0.2, -0.15) is 0 Å². The molecule has 120 valence electrons. The minimum absolute atomic E-state index is 0.638. The van der Waals surface area contributed by atoms with Crippen molar-refractivity contribution in [1.82, 2.24) is 9.97 Å². The van der Waals surface area contributed by atoms with Crippen LogP contribution in [0.3, 0.4) is 0 Å². The maximum Gasteiger partial charge on any atom is 0.160 e. The van der Waals surface area contributed by atoms with Crippen LogP contribution in [-0.4, -0.2) is 16.3 Å². The number of rotatable bonds is 3. The predicted molar refractivity (Wildman–Crippen MR) is 101 cm³/mol. The highest BCUT2D eigenvalue weighted by molar-refractivity contribution is 5.89. The maximum atomic E-state index is 11.0. The SMILES string of the molecule is Cc1nc(-c2ccc(-c3ccccc3)cc2)nc2ccc(C=O)cc12. The molecule has 0 spiro atoms. The van der Waals surface area contributed by atoms with Crippen LogP contribution < -0.4 is 0 Å². The molecule has 0 N–H and O–H groups in total. The second kappa shape index (κ2) is 6.29. The molecule has 1 aromatic heterocycles. The number of carbonyl (C=O) groups is 1.